The van der Waals surface area contributed by atoms with E-state index in [1.54, 1.807) is 0 Å². The third kappa shape index (κ3) is 1.72. The highest BCUT2D eigenvalue weighted by atomic mass is 35.5. The van der Waals surface area contributed by atoms with Crippen molar-refractivity contribution in [3.63, 3.8) is 0 Å². The molecule has 0 aliphatic rings. The van der Waals surface area contributed by atoms with Crippen LogP contribution in [0, 0.1) is 0 Å². The van der Waals surface area contributed by atoms with E-state index >= 15 is 0 Å². The van der Waals surface area contributed by atoms with E-state index in [0.29, 0.717) is 20.3 Å². The molecule has 0 fully saturated rings. The fraction of sp³-hybridized carbons (Fsp3) is 0.0909. The van der Waals surface area contributed by atoms with Crippen molar-refractivity contribution in [1.82, 2.24) is 9.97 Å². The molecule has 0 radical (unpaired) electrons. The number of rotatable bonds is 0. The number of halogens is 4. The van der Waals surface area contributed by atoms with E-state index in [0.717, 1.165) is 23.5 Å². The minimum absolute atomic E-state index is 0.259. The Morgan fingerprint density at radius 1 is 1.17 bits per heavy atom. The third-order valence-electron chi connectivity index (χ3n) is 2.54. The molecule has 2 heterocycles. The molecule has 0 atom stereocenters. The van der Waals surface area contributed by atoms with Crippen molar-refractivity contribution in [3.8, 4) is 0 Å². The van der Waals surface area contributed by atoms with Gasteiger partial charge < -0.3 is 0 Å². The predicted octanol–water partition coefficient (Wildman–Crippen LogP) is 4.52. The molecule has 3 aromatic rings. The van der Waals surface area contributed by atoms with Crippen LogP contribution in [0.1, 0.15) is 5.56 Å². The van der Waals surface area contributed by atoms with Crippen molar-refractivity contribution in [3.05, 3.63) is 35.2 Å². The largest absolute Gasteiger partial charge is 0.416 e. The molecule has 0 aliphatic heterocycles. The van der Waals surface area contributed by atoms with Crippen molar-refractivity contribution < 1.29 is 13.2 Å². The maximum atomic E-state index is 12.6. The van der Waals surface area contributed by atoms with Crippen LogP contribution in [0.3, 0.4) is 0 Å². The van der Waals surface area contributed by atoms with Gasteiger partial charge in [0.1, 0.15) is 11.5 Å². The molecule has 0 aliphatic carbocycles. The summed E-state index contributed by atoms with van der Waals surface area (Å²) in [7, 11) is 0. The average molecular weight is 289 g/mol. The molecule has 7 heteroatoms. The fourth-order valence-corrected chi connectivity index (χ4v) is 3.05. The van der Waals surface area contributed by atoms with Gasteiger partial charge in [-0.25, -0.2) is 9.97 Å². The Bertz CT molecular complexity index is 751. The number of benzene rings is 1. The van der Waals surface area contributed by atoms with Gasteiger partial charge in [0.25, 0.3) is 0 Å². The Morgan fingerprint density at radius 3 is 2.67 bits per heavy atom. The summed E-state index contributed by atoms with van der Waals surface area (Å²) in [5, 5.41) is 0.919. The lowest BCUT2D eigenvalue weighted by molar-refractivity contribution is -0.137. The zero-order chi connectivity index (χ0) is 12.9. The number of hydrogen-bond donors (Lipinski definition) is 0. The molecular weight excluding hydrogens is 285 g/mol. The Hall–Kier alpha value is -1.40. The fourth-order valence-electron chi connectivity index (χ4n) is 1.72. The van der Waals surface area contributed by atoms with E-state index in [4.69, 9.17) is 11.6 Å². The predicted molar refractivity (Wildman–Crippen MR) is 64.9 cm³/mol. The lowest BCUT2D eigenvalue weighted by Crippen LogP contribution is -2.03. The molecule has 18 heavy (non-hydrogen) atoms. The molecule has 0 bridgehead atoms. The minimum atomic E-state index is -4.35. The van der Waals surface area contributed by atoms with Gasteiger partial charge in [-0.3, -0.25) is 0 Å². The van der Waals surface area contributed by atoms with Crippen molar-refractivity contribution in [2.24, 2.45) is 0 Å². The molecule has 0 saturated heterocycles. The second-order valence-electron chi connectivity index (χ2n) is 3.65. The molecule has 0 N–H and O–H groups in total. The average Bonchev–Trinajstić information content (AvgIpc) is 2.67. The van der Waals surface area contributed by atoms with Gasteiger partial charge >= 0.3 is 6.18 Å². The monoisotopic (exact) mass is 288 g/mol. The van der Waals surface area contributed by atoms with Crippen LogP contribution in [0.2, 0.25) is 5.15 Å². The van der Waals surface area contributed by atoms with Crippen LogP contribution < -0.4 is 0 Å². The highest BCUT2D eigenvalue weighted by molar-refractivity contribution is 7.26. The topological polar surface area (TPSA) is 25.8 Å². The van der Waals surface area contributed by atoms with Gasteiger partial charge in [0.2, 0.25) is 0 Å². The molecule has 2 nitrogen and oxygen atoms in total. The van der Waals surface area contributed by atoms with Gasteiger partial charge in [-0.15, -0.1) is 11.3 Å². The first kappa shape index (κ1) is 11.7. The van der Waals surface area contributed by atoms with E-state index in [9.17, 15) is 13.2 Å². The minimum Gasteiger partial charge on any atom is -0.235 e. The first-order valence-electron chi connectivity index (χ1n) is 4.87. The Balaban J connectivity index is 2.37. The summed E-state index contributed by atoms with van der Waals surface area (Å²) in [4.78, 5) is 7.87. The van der Waals surface area contributed by atoms with Gasteiger partial charge in [-0.05, 0) is 12.1 Å². The van der Waals surface area contributed by atoms with Crippen molar-refractivity contribution in [2.75, 3.05) is 0 Å². The number of hydrogen-bond acceptors (Lipinski definition) is 3. The lowest BCUT2D eigenvalue weighted by Gasteiger charge is -2.05. The first-order chi connectivity index (χ1) is 8.47. The normalized spacial score (nSPS) is 12.4. The Morgan fingerprint density at radius 2 is 1.94 bits per heavy atom. The van der Waals surface area contributed by atoms with Crippen LogP contribution in [-0.4, -0.2) is 9.97 Å². The summed E-state index contributed by atoms with van der Waals surface area (Å²) in [6, 6.07) is 3.57. The Kier molecular flexibility index (Phi) is 2.46. The van der Waals surface area contributed by atoms with Crippen molar-refractivity contribution >= 4 is 43.2 Å². The van der Waals surface area contributed by atoms with E-state index < -0.39 is 11.7 Å². The van der Waals surface area contributed by atoms with Gasteiger partial charge in [-0.1, -0.05) is 17.7 Å². The highest BCUT2D eigenvalue weighted by Gasteiger charge is 2.30. The summed E-state index contributed by atoms with van der Waals surface area (Å²) < 4.78 is 38.9. The van der Waals surface area contributed by atoms with Gasteiger partial charge in [0, 0.05) is 10.1 Å². The van der Waals surface area contributed by atoms with Gasteiger partial charge in [0.05, 0.1) is 15.8 Å². The smallest absolute Gasteiger partial charge is 0.235 e. The third-order valence-corrected chi connectivity index (χ3v) is 4.08. The second-order valence-corrected chi connectivity index (χ2v) is 5.06. The zero-order valence-electron chi connectivity index (χ0n) is 8.62. The number of aromatic nitrogens is 2. The standard InChI is InChI=1S/C11H4ClF3N2S/c12-10-9-8(16-4-17-10)6-2-1-5(11(13,14)15)3-7(6)18-9/h1-4H. The molecule has 92 valence electrons. The van der Waals surface area contributed by atoms with Gasteiger partial charge in [0.15, 0.2) is 0 Å². The highest BCUT2D eigenvalue weighted by Crippen LogP contribution is 2.38. The van der Waals surface area contributed by atoms with Gasteiger partial charge in [-0.2, -0.15) is 13.2 Å². The van der Waals surface area contributed by atoms with Crippen LogP contribution in [0.25, 0.3) is 20.3 Å². The van der Waals surface area contributed by atoms with Crippen molar-refractivity contribution in [1.29, 1.82) is 0 Å². The summed E-state index contributed by atoms with van der Waals surface area (Å²) in [6.45, 7) is 0. The lowest BCUT2D eigenvalue weighted by atomic mass is 10.1. The number of thiophene rings is 1. The summed E-state index contributed by atoms with van der Waals surface area (Å²) >= 11 is 7.06. The van der Waals surface area contributed by atoms with E-state index in [1.807, 2.05) is 0 Å². The maximum absolute atomic E-state index is 12.6. The molecule has 3 rings (SSSR count). The SMILES string of the molecule is FC(F)(F)c1ccc2c(c1)sc1c(Cl)ncnc12. The molecule has 0 spiro atoms. The van der Waals surface area contributed by atoms with E-state index in [1.165, 1.54) is 12.4 Å². The quantitative estimate of drug-likeness (QED) is 0.569. The van der Waals surface area contributed by atoms with Crippen LogP contribution in [0.15, 0.2) is 24.5 Å². The number of alkyl halides is 3. The molecule has 1 aromatic carbocycles. The van der Waals surface area contributed by atoms with E-state index in [-0.39, 0.29) is 5.15 Å². The Labute approximate surface area is 108 Å². The summed E-state index contributed by atoms with van der Waals surface area (Å²) in [5.41, 5.74) is -0.0886. The van der Waals surface area contributed by atoms with Crippen LogP contribution in [0.4, 0.5) is 13.2 Å². The number of nitrogens with zero attached hydrogens (tertiary/aromatic N) is 2. The van der Waals surface area contributed by atoms with Crippen LogP contribution >= 0.6 is 22.9 Å². The molecule has 0 saturated carbocycles. The zero-order valence-corrected chi connectivity index (χ0v) is 10.2. The number of fused-ring (bicyclic) bond motifs is 3. The van der Waals surface area contributed by atoms with Crippen molar-refractivity contribution in [2.45, 2.75) is 6.18 Å². The maximum Gasteiger partial charge on any atom is 0.416 e. The molecular formula is C11H4ClF3N2S. The molecule has 0 amide bonds. The van der Waals surface area contributed by atoms with E-state index in [2.05, 4.69) is 9.97 Å². The first-order valence-corrected chi connectivity index (χ1v) is 6.06. The second kappa shape index (κ2) is 3.80. The van der Waals surface area contributed by atoms with Crippen LogP contribution in [-0.2, 0) is 6.18 Å². The van der Waals surface area contributed by atoms with Crippen LogP contribution in [0.5, 0.6) is 0 Å². The summed E-state index contributed by atoms with van der Waals surface area (Å²) in [6.07, 6.45) is -3.05. The summed E-state index contributed by atoms with van der Waals surface area (Å²) in [5.74, 6) is 0. The molecule has 0 unspecified atom stereocenters. The molecule has 2 aromatic heterocycles.